The first-order valence-electron chi connectivity index (χ1n) is 3.80. The van der Waals surface area contributed by atoms with Crippen molar-refractivity contribution in [2.24, 2.45) is 5.73 Å². The fourth-order valence-corrected chi connectivity index (χ4v) is 0.741. The minimum absolute atomic E-state index is 0.357. The molecule has 0 unspecified atom stereocenters. The van der Waals surface area contributed by atoms with Gasteiger partial charge in [0.05, 0.1) is 7.11 Å². The summed E-state index contributed by atoms with van der Waals surface area (Å²) in [7, 11) is 2.77. The summed E-state index contributed by atoms with van der Waals surface area (Å²) in [5.74, 6) is -0.441. The van der Waals surface area contributed by atoms with Gasteiger partial charge in [0.15, 0.2) is 6.10 Å². The molecule has 0 spiro atoms. The summed E-state index contributed by atoms with van der Waals surface area (Å²) in [5, 5.41) is 0.983. The molecule has 6 heteroatoms. The van der Waals surface area contributed by atoms with Crippen molar-refractivity contribution in [3.05, 3.63) is 0 Å². The van der Waals surface area contributed by atoms with Gasteiger partial charge in [-0.3, -0.25) is 9.63 Å². The number of primary amides is 1. The number of ether oxygens (including phenoxy) is 1. The average Bonchev–Trinajstić information content (AvgIpc) is 2.11. The number of hydrogen-bond acceptors (Lipinski definition) is 4. The van der Waals surface area contributed by atoms with Gasteiger partial charge in [-0.25, -0.2) is 9.86 Å². The van der Waals surface area contributed by atoms with Crippen LogP contribution in [-0.2, 0) is 14.4 Å². The molecule has 0 bridgehead atoms. The summed E-state index contributed by atoms with van der Waals surface area (Å²) >= 11 is 0. The van der Waals surface area contributed by atoms with Crippen LogP contribution in [0.4, 0.5) is 4.79 Å². The molecule has 13 heavy (non-hydrogen) atoms. The standard InChI is InChI=1S/C7H14N2O4/c1-4-5(13-7(8)11)6(10)9(2)12-3/h5H,4H2,1-3H3,(H2,8,11)/t5-/m0/s1. The first-order chi connectivity index (χ1) is 6.02. The SMILES string of the molecule is CC[C@H](OC(N)=O)C(=O)N(C)OC. The summed E-state index contributed by atoms with van der Waals surface area (Å²) in [5.41, 5.74) is 4.78. The van der Waals surface area contributed by atoms with Gasteiger partial charge in [-0.05, 0) is 6.42 Å². The molecule has 0 aliphatic heterocycles. The Morgan fingerprint density at radius 1 is 1.54 bits per heavy atom. The van der Waals surface area contributed by atoms with E-state index < -0.39 is 18.1 Å². The number of nitrogens with zero attached hydrogens (tertiary/aromatic N) is 1. The summed E-state index contributed by atoms with van der Waals surface area (Å²) in [4.78, 5) is 26.3. The second-order valence-corrected chi connectivity index (χ2v) is 2.35. The van der Waals surface area contributed by atoms with Gasteiger partial charge < -0.3 is 10.5 Å². The third-order valence-corrected chi connectivity index (χ3v) is 1.49. The Balaban J connectivity index is 4.22. The molecule has 0 saturated heterocycles. The number of rotatable bonds is 4. The topological polar surface area (TPSA) is 81.9 Å². The highest BCUT2D eigenvalue weighted by molar-refractivity contribution is 5.82. The maximum Gasteiger partial charge on any atom is 0.405 e. The van der Waals surface area contributed by atoms with Crippen LogP contribution in [0, 0.1) is 0 Å². The maximum absolute atomic E-state index is 11.3. The van der Waals surface area contributed by atoms with Crippen molar-refractivity contribution in [1.29, 1.82) is 0 Å². The van der Waals surface area contributed by atoms with Gasteiger partial charge >= 0.3 is 6.09 Å². The minimum atomic E-state index is -0.968. The molecule has 0 aliphatic carbocycles. The second kappa shape index (κ2) is 5.36. The molecule has 0 heterocycles. The van der Waals surface area contributed by atoms with Crippen LogP contribution in [0.3, 0.4) is 0 Å². The molecular formula is C7H14N2O4. The van der Waals surface area contributed by atoms with Gasteiger partial charge in [0.25, 0.3) is 5.91 Å². The lowest BCUT2D eigenvalue weighted by atomic mass is 10.2. The summed E-state index contributed by atoms with van der Waals surface area (Å²) in [6.07, 6.45) is -1.48. The van der Waals surface area contributed by atoms with Crippen molar-refractivity contribution >= 4 is 12.0 Å². The lowest BCUT2D eigenvalue weighted by molar-refractivity contribution is -0.177. The molecule has 0 rings (SSSR count). The molecule has 2 N–H and O–H groups in total. The second-order valence-electron chi connectivity index (χ2n) is 2.35. The Bertz CT molecular complexity index is 195. The highest BCUT2D eigenvalue weighted by Gasteiger charge is 2.23. The third kappa shape index (κ3) is 3.75. The summed E-state index contributed by atoms with van der Waals surface area (Å²) in [6, 6.07) is 0. The van der Waals surface area contributed by atoms with E-state index in [2.05, 4.69) is 9.57 Å². The Morgan fingerprint density at radius 2 is 2.08 bits per heavy atom. The molecule has 1 atom stereocenters. The maximum atomic E-state index is 11.3. The van der Waals surface area contributed by atoms with E-state index in [1.165, 1.54) is 14.2 Å². The Morgan fingerprint density at radius 3 is 2.38 bits per heavy atom. The predicted molar refractivity (Wildman–Crippen MR) is 44.5 cm³/mol. The zero-order chi connectivity index (χ0) is 10.4. The molecular weight excluding hydrogens is 176 g/mol. The van der Waals surface area contributed by atoms with Gasteiger partial charge in [0.1, 0.15) is 0 Å². The van der Waals surface area contributed by atoms with Crippen molar-refractivity contribution < 1.29 is 19.2 Å². The van der Waals surface area contributed by atoms with Gasteiger partial charge in [-0.1, -0.05) is 6.92 Å². The van der Waals surface area contributed by atoms with Crippen LogP contribution in [0.1, 0.15) is 13.3 Å². The van der Waals surface area contributed by atoms with Crippen molar-refractivity contribution in [1.82, 2.24) is 5.06 Å². The van der Waals surface area contributed by atoms with E-state index in [1.807, 2.05) is 0 Å². The number of hydrogen-bond donors (Lipinski definition) is 1. The van der Waals surface area contributed by atoms with Gasteiger partial charge in [-0.2, -0.15) is 0 Å². The van der Waals surface area contributed by atoms with Crippen molar-refractivity contribution in [2.75, 3.05) is 14.2 Å². The molecule has 0 aromatic heterocycles. The first kappa shape index (κ1) is 11.7. The molecule has 76 valence electrons. The lowest BCUT2D eigenvalue weighted by Crippen LogP contribution is -2.39. The molecule has 0 aliphatic rings. The summed E-state index contributed by atoms with van der Waals surface area (Å²) < 4.78 is 4.55. The van der Waals surface area contributed by atoms with E-state index in [1.54, 1.807) is 6.92 Å². The number of carbonyl (C=O) groups is 2. The Hall–Kier alpha value is -1.30. The molecule has 0 aromatic rings. The number of hydroxylamine groups is 2. The highest BCUT2D eigenvalue weighted by Crippen LogP contribution is 2.02. The van der Waals surface area contributed by atoms with E-state index in [9.17, 15) is 9.59 Å². The van der Waals surface area contributed by atoms with Crippen LogP contribution in [-0.4, -0.2) is 37.3 Å². The van der Waals surface area contributed by atoms with Crippen LogP contribution in [0.25, 0.3) is 0 Å². The van der Waals surface area contributed by atoms with Crippen LogP contribution < -0.4 is 5.73 Å². The monoisotopic (exact) mass is 190 g/mol. The van der Waals surface area contributed by atoms with E-state index in [4.69, 9.17) is 5.73 Å². The van der Waals surface area contributed by atoms with Crippen LogP contribution >= 0.6 is 0 Å². The Labute approximate surface area is 76.5 Å². The number of amides is 2. The van der Waals surface area contributed by atoms with E-state index in [0.717, 1.165) is 5.06 Å². The largest absolute Gasteiger partial charge is 0.436 e. The van der Waals surface area contributed by atoms with Crippen LogP contribution in [0.5, 0.6) is 0 Å². The zero-order valence-electron chi connectivity index (χ0n) is 7.94. The molecule has 0 aromatic carbocycles. The predicted octanol–water partition coefficient (Wildman–Crippen LogP) is -0.120. The fraction of sp³-hybridized carbons (Fsp3) is 0.714. The quantitative estimate of drug-likeness (QED) is 0.626. The van der Waals surface area contributed by atoms with Gasteiger partial charge in [0.2, 0.25) is 0 Å². The number of carbonyl (C=O) groups excluding carboxylic acids is 2. The normalized spacial score (nSPS) is 11.9. The van der Waals surface area contributed by atoms with E-state index >= 15 is 0 Å². The molecule has 0 fully saturated rings. The molecule has 6 nitrogen and oxygen atoms in total. The zero-order valence-corrected chi connectivity index (χ0v) is 7.94. The van der Waals surface area contributed by atoms with Gasteiger partial charge in [0, 0.05) is 7.05 Å². The smallest absolute Gasteiger partial charge is 0.405 e. The highest BCUT2D eigenvalue weighted by atomic mass is 16.7. The average molecular weight is 190 g/mol. The van der Waals surface area contributed by atoms with Crippen molar-refractivity contribution in [3.63, 3.8) is 0 Å². The van der Waals surface area contributed by atoms with Gasteiger partial charge in [-0.15, -0.1) is 0 Å². The molecule has 0 saturated carbocycles. The van der Waals surface area contributed by atoms with Crippen molar-refractivity contribution in [2.45, 2.75) is 19.4 Å². The van der Waals surface area contributed by atoms with E-state index in [-0.39, 0.29) is 0 Å². The minimum Gasteiger partial charge on any atom is -0.436 e. The number of nitrogens with two attached hydrogens (primary N) is 1. The molecule has 2 amide bonds. The number of likely N-dealkylation sites (N-methyl/N-ethyl adjacent to an activating group) is 1. The summed E-state index contributed by atoms with van der Waals surface area (Å²) in [6.45, 7) is 1.70. The van der Waals surface area contributed by atoms with Crippen LogP contribution in [0.2, 0.25) is 0 Å². The fourth-order valence-electron chi connectivity index (χ4n) is 0.741. The van der Waals surface area contributed by atoms with E-state index in [0.29, 0.717) is 6.42 Å². The molecule has 0 radical (unpaired) electrons. The first-order valence-corrected chi connectivity index (χ1v) is 3.80. The third-order valence-electron chi connectivity index (χ3n) is 1.49. The van der Waals surface area contributed by atoms with Crippen molar-refractivity contribution in [3.8, 4) is 0 Å². The Kier molecular flexibility index (Phi) is 4.83. The lowest BCUT2D eigenvalue weighted by Gasteiger charge is -2.19. The van der Waals surface area contributed by atoms with Crippen LogP contribution in [0.15, 0.2) is 0 Å².